The molecule has 15 heavy (non-hydrogen) atoms. The zero-order valence-electron chi connectivity index (χ0n) is 8.24. The van der Waals surface area contributed by atoms with Crippen molar-refractivity contribution >= 4 is 34.4 Å². The van der Waals surface area contributed by atoms with Gasteiger partial charge in [-0.25, -0.2) is 0 Å². The largest absolute Gasteiger partial charge is 0.512 e. The van der Waals surface area contributed by atoms with E-state index in [0.29, 0.717) is 0 Å². The third kappa shape index (κ3) is 9.37. The maximum atomic E-state index is 8.36. The standard InChI is InChI=1S/C6H5BrS.C4H8N2O/c7-5-1-3-6(8)4-2-5;1-3(7)2-4(5)6/h1-4,8H;2,7H,1H3,(H3,5,6)/b;3-2-. The van der Waals surface area contributed by atoms with Crippen molar-refractivity contribution < 1.29 is 5.11 Å². The first kappa shape index (κ1) is 14.1. The minimum atomic E-state index is -0.125. The molecule has 0 radical (unpaired) electrons. The van der Waals surface area contributed by atoms with Crippen LogP contribution in [0.1, 0.15) is 6.92 Å². The molecule has 5 heteroatoms. The topological polar surface area (TPSA) is 70.1 Å². The monoisotopic (exact) mass is 288 g/mol. The van der Waals surface area contributed by atoms with Gasteiger partial charge in [-0.05, 0) is 31.2 Å². The normalized spacial score (nSPS) is 10.2. The van der Waals surface area contributed by atoms with Crippen LogP contribution in [0.3, 0.4) is 0 Å². The fourth-order valence-corrected chi connectivity index (χ4v) is 1.08. The van der Waals surface area contributed by atoms with Crippen molar-refractivity contribution in [2.75, 3.05) is 0 Å². The molecule has 1 aromatic carbocycles. The Morgan fingerprint density at radius 1 is 1.47 bits per heavy atom. The fraction of sp³-hybridized carbons (Fsp3) is 0.100. The van der Waals surface area contributed by atoms with Gasteiger partial charge in [0.15, 0.2) is 0 Å². The number of aliphatic hydroxyl groups is 1. The SMILES string of the molecule is C/C(O)=C/C(=N)N.Sc1ccc(Br)cc1. The molecule has 0 unspecified atom stereocenters. The molecule has 0 aliphatic heterocycles. The van der Waals surface area contributed by atoms with Crippen LogP contribution < -0.4 is 5.73 Å². The first-order chi connectivity index (χ1) is 6.91. The Labute approximate surface area is 103 Å². The van der Waals surface area contributed by atoms with E-state index in [4.69, 9.17) is 16.2 Å². The van der Waals surface area contributed by atoms with Crippen LogP contribution in [-0.2, 0) is 0 Å². The lowest BCUT2D eigenvalue weighted by Gasteiger charge is -1.87. The second-order valence-electron chi connectivity index (χ2n) is 2.72. The Kier molecular flexibility index (Phi) is 6.90. The quantitative estimate of drug-likeness (QED) is 0.278. The summed E-state index contributed by atoms with van der Waals surface area (Å²) in [5.74, 6) is -0.0625. The first-order valence-corrected chi connectivity index (χ1v) is 5.31. The van der Waals surface area contributed by atoms with E-state index in [1.165, 1.54) is 13.0 Å². The summed E-state index contributed by atoms with van der Waals surface area (Å²) in [4.78, 5) is 0.994. The maximum absolute atomic E-state index is 8.36. The molecule has 1 aromatic rings. The van der Waals surface area contributed by atoms with E-state index in [-0.39, 0.29) is 11.6 Å². The molecule has 0 amide bonds. The maximum Gasteiger partial charge on any atom is 0.118 e. The average molecular weight is 289 g/mol. The lowest BCUT2D eigenvalue weighted by Crippen LogP contribution is -2.05. The lowest BCUT2D eigenvalue weighted by molar-refractivity contribution is 0.415. The van der Waals surface area contributed by atoms with Crippen LogP contribution in [0.2, 0.25) is 0 Å². The number of hydrogen-bond acceptors (Lipinski definition) is 3. The minimum Gasteiger partial charge on any atom is -0.512 e. The van der Waals surface area contributed by atoms with Crippen molar-refractivity contribution in [3.8, 4) is 0 Å². The number of rotatable bonds is 1. The van der Waals surface area contributed by atoms with Gasteiger partial charge < -0.3 is 10.8 Å². The zero-order chi connectivity index (χ0) is 11.8. The smallest absolute Gasteiger partial charge is 0.118 e. The Bertz CT molecular complexity index is 324. The molecular formula is C10H13BrN2OS. The van der Waals surface area contributed by atoms with Gasteiger partial charge in [0.1, 0.15) is 5.84 Å². The van der Waals surface area contributed by atoms with Crippen molar-refractivity contribution in [1.29, 1.82) is 5.41 Å². The average Bonchev–Trinajstić information content (AvgIpc) is 2.09. The van der Waals surface area contributed by atoms with Gasteiger partial charge in [0.25, 0.3) is 0 Å². The number of nitrogens with two attached hydrogens (primary N) is 1. The molecule has 0 atom stereocenters. The minimum absolute atomic E-state index is 0.0625. The van der Waals surface area contributed by atoms with Crippen LogP contribution in [0.4, 0.5) is 0 Å². The molecule has 0 aliphatic carbocycles. The molecule has 1 rings (SSSR count). The van der Waals surface area contributed by atoms with E-state index in [2.05, 4.69) is 28.6 Å². The van der Waals surface area contributed by atoms with Crippen LogP contribution in [0.15, 0.2) is 45.5 Å². The van der Waals surface area contributed by atoms with E-state index in [1.807, 2.05) is 24.3 Å². The summed E-state index contributed by atoms with van der Waals surface area (Å²) in [6.45, 7) is 1.46. The van der Waals surface area contributed by atoms with Crippen molar-refractivity contribution in [3.05, 3.63) is 40.6 Å². The lowest BCUT2D eigenvalue weighted by atomic mass is 10.4. The number of amidine groups is 1. The second kappa shape index (κ2) is 7.36. The highest BCUT2D eigenvalue weighted by Gasteiger charge is 1.82. The van der Waals surface area contributed by atoms with Crippen LogP contribution in [0.25, 0.3) is 0 Å². The highest BCUT2D eigenvalue weighted by atomic mass is 79.9. The number of aliphatic hydroxyl groups excluding tert-OH is 1. The molecule has 3 nitrogen and oxygen atoms in total. The number of allylic oxidation sites excluding steroid dienone is 1. The van der Waals surface area contributed by atoms with Gasteiger partial charge in [0.05, 0.1) is 5.76 Å². The Morgan fingerprint density at radius 3 is 2.13 bits per heavy atom. The van der Waals surface area contributed by atoms with Gasteiger partial charge in [-0.1, -0.05) is 15.9 Å². The van der Waals surface area contributed by atoms with Gasteiger partial charge >= 0.3 is 0 Å². The summed E-state index contributed by atoms with van der Waals surface area (Å²) in [6, 6.07) is 7.80. The predicted molar refractivity (Wildman–Crippen MR) is 69.7 cm³/mol. The molecule has 0 saturated carbocycles. The molecule has 0 heterocycles. The predicted octanol–water partition coefficient (Wildman–Crippen LogP) is 3.12. The molecule has 0 saturated heterocycles. The van der Waals surface area contributed by atoms with E-state index in [9.17, 15) is 0 Å². The molecule has 0 bridgehead atoms. The van der Waals surface area contributed by atoms with E-state index in [1.54, 1.807) is 0 Å². The summed E-state index contributed by atoms with van der Waals surface area (Å²) in [5, 5.41) is 14.9. The number of hydrogen-bond donors (Lipinski definition) is 4. The van der Waals surface area contributed by atoms with Gasteiger partial charge in [0, 0.05) is 15.4 Å². The first-order valence-electron chi connectivity index (χ1n) is 4.07. The van der Waals surface area contributed by atoms with Crippen molar-refractivity contribution in [3.63, 3.8) is 0 Å². The summed E-state index contributed by atoms with van der Waals surface area (Å²) in [7, 11) is 0. The summed E-state index contributed by atoms with van der Waals surface area (Å²) in [5.41, 5.74) is 4.84. The van der Waals surface area contributed by atoms with E-state index >= 15 is 0 Å². The number of benzene rings is 1. The third-order valence-electron chi connectivity index (χ3n) is 1.19. The van der Waals surface area contributed by atoms with Crippen LogP contribution in [-0.4, -0.2) is 10.9 Å². The van der Waals surface area contributed by atoms with Gasteiger partial charge in [-0.15, -0.1) is 12.6 Å². The number of thiol groups is 1. The van der Waals surface area contributed by atoms with E-state index < -0.39 is 0 Å². The van der Waals surface area contributed by atoms with Crippen LogP contribution in [0.5, 0.6) is 0 Å². The molecular weight excluding hydrogens is 276 g/mol. The molecule has 82 valence electrons. The van der Waals surface area contributed by atoms with Gasteiger partial charge in [-0.3, -0.25) is 5.41 Å². The molecule has 0 fully saturated rings. The Balaban J connectivity index is 0.000000265. The molecule has 4 N–H and O–H groups in total. The fourth-order valence-electron chi connectivity index (χ4n) is 0.666. The number of nitrogens with one attached hydrogen (secondary N) is 1. The Hall–Kier alpha value is -0.940. The molecule has 0 aromatic heterocycles. The number of halogens is 1. The van der Waals surface area contributed by atoms with Crippen LogP contribution >= 0.6 is 28.6 Å². The third-order valence-corrected chi connectivity index (χ3v) is 2.02. The molecule has 0 spiro atoms. The van der Waals surface area contributed by atoms with Gasteiger partial charge in [0.2, 0.25) is 0 Å². The van der Waals surface area contributed by atoms with Gasteiger partial charge in [-0.2, -0.15) is 0 Å². The summed E-state index contributed by atoms with van der Waals surface area (Å²) in [6.07, 6.45) is 1.17. The second-order valence-corrected chi connectivity index (χ2v) is 4.15. The highest BCUT2D eigenvalue weighted by molar-refractivity contribution is 9.10. The van der Waals surface area contributed by atoms with Crippen molar-refractivity contribution in [1.82, 2.24) is 0 Å². The Morgan fingerprint density at radius 2 is 1.93 bits per heavy atom. The molecule has 0 aliphatic rings. The summed E-state index contributed by atoms with van der Waals surface area (Å²) >= 11 is 7.42. The van der Waals surface area contributed by atoms with Crippen LogP contribution in [0, 0.1) is 5.41 Å². The highest BCUT2D eigenvalue weighted by Crippen LogP contribution is 2.11. The van der Waals surface area contributed by atoms with Crippen molar-refractivity contribution in [2.24, 2.45) is 5.73 Å². The summed E-state index contributed by atoms with van der Waals surface area (Å²) < 4.78 is 1.09. The van der Waals surface area contributed by atoms with Crippen molar-refractivity contribution in [2.45, 2.75) is 11.8 Å². The zero-order valence-corrected chi connectivity index (χ0v) is 10.7. The van der Waals surface area contributed by atoms with E-state index in [0.717, 1.165) is 9.37 Å².